The Morgan fingerprint density at radius 1 is 0.804 bits per heavy atom. The molecule has 46 heavy (non-hydrogen) atoms. The summed E-state index contributed by atoms with van der Waals surface area (Å²) >= 11 is 0. The van der Waals surface area contributed by atoms with Crippen molar-refractivity contribution in [1.29, 1.82) is 0 Å². The van der Waals surface area contributed by atoms with Gasteiger partial charge in [-0.1, -0.05) is 73.5 Å². The van der Waals surface area contributed by atoms with Gasteiger partial charge in [0.1, 0.15) is 0 Å². The fraction of sp³-hybridized carbons (Fsp3) is 0.459. The molecule has 0 aromatic heterocycles. The standard InChI is InChI=1S/C37H48N4O5/c38-32-9-5-6-10-33(32)40-36(44)12-4-1-3-11-35(43)39-24-27-13-19-30(20-14-27)37-45-31(25-41-21-7-2-8-22-41)23-34(46-37)29-17-15-28(26-42)16-18-29/h5-6,9-10,13-20,31,34,37,42H,1-4,7-8,11-12,21-26,38H2,(H,39,43)(H,40,44)/t31-,34+,37+/m0/s1. The van der Waals surface area contributed by atoms with Crippen LogP contribution >= 0.6 is 0 Å². The summed E-state index contributed by atoms with van der Waals surface area (Å²) in [5, 5.41) is 15.3. The summed E-state index contributed by atoms with van der Waals surface area (Å²) in [6, 6.07) is 23.3. The second-order valence-electron chi connectivity index (χ2n) is 12.4. The van der Waals surface area contributed by atoms with Crippen LogP contribution < -0.4 is 16.4 Å². The van der Waals surface area contributed by atoms with E-state index in [4.69, 9.17) is 15.2 Å². The molecule has 5 rings (SSSR count). The number of amides is 2. The molecule has 0 radical (unpaired) electrons. The van der Waals surface area contributed by atoms with Gasteiger partial charge in [0.2, 0.25) is 11.8 Å². The van der Waals surface area contributed by atoms with E-state index < -0.39 is 6.29 Å². The first kappa shape index (κ1) is 33.6. The summed E-state index contributed by atoms with van der Waals surface area (Å²) in [4.78, 5) is 27.1. The van der Waals surface area contributed by atoms with E-state index >= 15 is 0 Å². The summed E-state index contributed by atoms with van der Waals surface area (Å²) < 4.78 is 13.0. The van der Waals surface area contributed by atoms with Crippen LogP contribution in [-0.2, 0) is 32.2 Å². The van der Waals surface area contributed by atoms with Crippen molar-refractivity contribution in [3.8, 4) is 0 Å². The van der Waals surface area contributed by atoms with Crippen molar-refractivity contribution in [3.63, 3.8) is 0 Å². The predicted molar refractivity (Wildman–Crippen MR) is 180 cm³/mol. The van der Waals surface area contributed by atoms with Gasteiger partial charge in [0.15, 0.2) is 6.29 Å². The molecular weight excluding hydrogens is 580 g/mol. The van der Waals surface area contributed by atoms with E-state index in [9.17, 15) is 14.7 Å². The Bertz CT molecular complexity index is 1390. The first-order valence-corrected chi connectivity index (χ1v) is 16.7. The highest BCUT2D eigenvalue weighted by Gasteiger charge is 2.33. The maximum atomic E-state index is 12.5. The number of aliphatic hydroxyl groups excluding tert-OH is 1. The fourth-order valence-corrected chi connectivity index (χ4v) is 6.12. The minimum absolute atomic E-state index is 0.000136. The lowest BCUT2D eigenvalue weighted by atomic mass is 9.99. The van der Waals surface area contributed by atoms with Gasteiger partial charge in [0.05, 0.1) is 30.2 Å². The van der Waals surface area contributed by atoms with E-state index in [1.165, 1.54) is 19.3 Å². The molecule has 0 bridgehead atoms. The minimum atomic E-state index is -0.484. The fourth-order valence-electron chi connectivity index (χ4n) is 6.12. The van der Waals surface area contributed by atoms with Gasteiger partial charge in [-0.3, -0.25) is 9.59 Å². The number of ether oxygens (including phenoxy) is 2. The Balaban J connectivity index is 1.07. The molecule has 3 aromatic carbocycles. The number of aliphatic hydroxyl groups is 1. The predicted octanol–water partition coefficient (Wildman–Crippen LogP) is 6.00. The monoisotopic (exact) mass is 628 g/mol. The van der Waals surface area contributed by atoms with E-state index in [0.717, 1.165) is 61.2 Å². The highest BCUT2D eigenvalue weighted by atomic mass is 16.7. The van der Waals surface area contributed by atoms with Crippen LogP contribution in [0.25, 0.3) is 0 Å². The van der Waals surface area contributed by atoms with Crippen LogP contribution in [0.4, 0.5) is 11.4 Å². The van der Waals surface area contributed by atoms with E-state index in [1.807, 2.05) is 60.7 Å². The molecule has 3 atom stereocenters. The Labute approximate surface area is 272 Å². The average Bonchev–Trinajstić information content (AvgIpc) is 3.09. The molecule has 2 aliphatic heterocycles. The zero-order valence-electron chi connectivity index (χ0n) is 26.7. The van der Waals surface area contributed by atoms with Crippen molar-refractivity contribution in [3.05, 3.63) is 95.1 Å². The zero-order chi connectivity index (χ0) is 32.1. The quantitative estimate of drug-likeness (QED) is 0.128. The average molecular weight is 629 g/mol. The van der Waals surface area contributed by atoms with E-state index in [0.29, 0.717) is 37.2 Å². The van der Waals surface area contributed by atoms with Gasteiger partial charge in [-0.05, 0) is 67.6 Å². The zero-order valence-corrected chi connectivity index (χ0v) is 26.7. The summed E-state index contributed by atoms with van der Waals surface area (Å²) in [6.07, 6.45) is 7.08. The first-order chi connectivity index (χ1) is 22.5. The number of piperidine rings is 1. The maximum Gasteiger partial charge on any atom is 0.224 e. The number of hydrogen-bond donors (Lipinski definition) is 4. The molecule has 9 nitrogen and oxygen atoms in total. The number of nitrogen functional groups attached to an aromatic ring is 1. The number of rotatable bonds is 14. The number of benzene rings is 3. The van der Waals surface area contributed by atoms with Crippen LogP contribution in [0.2, 0.25) is 0 Å². The van der Waals surface area contributed by atoms with Crippen LogP contribution in [0.3, 0.4) is 0 Å². The number of nitrogens with one attached hydrogen (secondary N) is 2. The SMILES string of the molecule is Nc1ccccc1NC(=O)CCCCCC(=O)NCc1ccc([C@@H]2O[C@H](CN3CCCCC3)C[C@H](c3ccc(CO)cc3)O2)cc1. The van der Waals surface area contributed by atoms with Gasteiger partial charge < -0.3 is 35.8 Å². The molecule has 2 amide bonds. The summed E-state index contributed by atoms with van der Waals surface area (Å²) in [5.74, 6) is -0.0697. The number of unbranched alkanes of at least 4 members (excludes halogenated alkanes) is 2. The number of nitrogens with two attached hydrogens (primary N) is 1. The second kappa shape index (κ2) is 17.2. The lowest BCUT2D eigenvalue weighted by Gasteiger charge is -2.39. The largest absolute Gasteiger partial charge is 0.397 e. The van der Waals surface area contributed by atoms with Crippen molar-refractivity contribution in [1.82, 2.24) is 10.2 Å². The Hall–Kier alpha value is -3.76. The molecule has 2 saturated heterocycles. The second-order valence-corrected chi connectivity index (χ2v) is 12.4. The van der Waals surface area contributed by atoms with E-state index in [1.54, 1.807) is 12.1 Å². The summed E-state index contributed by atoms with van der Waals surface area (Å²) in [7, 11) is 0. The topological polar surface area (TPSA) is 126 Å². The highest BCUT2D eigenvalue weighted by molar-refractivity contribution is 5.93. The van der Waals surface area contributed by atoms with Crippen molar-refractivity contribution >= 4 is 23.2 Å². The number of para-hydroxylation sites is 2. The van der Waals surface area contributed by atoms with Crippen molar-refractivity contribution in [2.24, 2.45) is 0 Å². The Morgan fingerprint density at radius 3 is 2.20 bits per heavy atom. The van der Waals surface area contributed by atoms with E-state index in [2.05, 4.69) is 15.5 Å². The normalized spacial score (nSPS) is 20.2. The third kappa shape index (κ3) is 10.1. The Kier molecular flexibility index (Phi) is 12.6. The third-order valence-electron chi connectivity index (χ3n) is 8.81. The van der Waals surface area contributed by atoms with Crippen LogP contribution in [0.15, 0.2) is 72.8 Å². The summed E-state index contributed by atoms with van der Waals surface area (Å²) in [5.41, 5.74) is 11.0. The molecule has 9 heteroatoms. The molecule has 0 saturated carbocycles. The lowest BCUT2D eigenvalue weighted by molar-refractivity contribution is -0.253. The van der Waals surface area contributed by atoms with Gasteiger partial charge in [-0.2, -0.15) is 0 Å². The molecule has 3 aromatic rings. The van der Waals surface area contributed by atoms with Gasteiger partial charge in [-0.25, -0.2) is 0 Å². The number of likely N-dealkylation sites (tertiary alicyclic amines) is 1. The highest BCUT2D eigenvalue weighted by Crippen LogP contribution is 2.38. The molecule has 0 unspecified atom stereocenters. The van der Waals surface area contributed by atoms with Crippen molar-refractivity contribution < 1.29 is 24.2 Å². The van der Waals surface area contributed by atoms with Gasteiger partial charge in [0.25, 0.3) is 0 Å². The number of carbonyl (C=O) groups excluding carboxylic acids is 2. The maximum absolute atomic E-state index is 12.5. The van der Waals surface area contributed by atoms with Gasteiger partial charge in [-0.15, -0.1) is 0 Å². The smallest absolute Gasteiger partial charge is 0.224 e. The van der Waals surface area contributed by atoms with Gasteiger partial charge in [0, 0.05) is 37.9 Å². The molecule has 0 spiro atoms. The number of hydrogen-bond acceptors (Lipinski definition) is 7. The van der Waals surface area contributed by atoms with Crippen LogP contribution in [0.5, 0.6) is 0 Å². The number of nitrogens with zero attached hydrogens (tertiary/aromatic N) is 1. The molecular formula is C37H48N4O5. The molecule has 246 valence electrons. The van der Waals surface area contributed by atoms with Crippen LogP contribution in [0.1, 0.15) is 92.4 Å². The van der Waals surface area contributed by atoms with Crippen LogP contribution in [-0.4, -0.2) is 47.6 Å². The Morgan fingerprint density at radius 2 is 1.48 bits per heavy atom. The molecule has 5 N–H and O–H groups in total. The molecule has 2 aliphatic rings. The summed E-state index contributed by atoms with van der Waals surface area (Å²) in [6.45, 7) is 3.59. The number of anilines is 2. The molecule has 2 fully saturated rings. The van der Waals surface area contributed by atoms with Gasteiger partial charge >= 0.3 is 0 Å². The molecule has 2 heterocycles. The third-order valence-corrected chi connectivity index (χ3v) is 8.81. The number of carbonyl (C=O) groups is 2. The first-order valence-electron chi connectivity index (χ1n) is 16.7. The van der Waals surface area contributed by atoms with Crippen LogP contribution in [0, 0.1) is 0 Å². The van der Waals surface area contributed by atoms with Crippen molar-refractivity contribution in [2.75, 3.05) is 30.7 Å². The molecule has 0 aliphatic carbocycles. The van der Waals surface area contributed by atoms with Crippen molar-refractivity contribution in [2.45, 2.75) is 89.4 Å². The minimum Gasteiger partial charge on any atom is -0.397 e. The van der Waals surface area contributed by atoms with E-state index in [-0.39, 0.29) is 30.6 Å². The lowest BCUT2D eigenvalue weighted by Crippen LogP contribution is -2.41.